The summed E-state index contributed by atoms with van der Waals surface area (Å²) >= 11 is 0. The molecular weight excluding hydrogens is 272 g/mol. The summed E-state index contributed by atoms with van der Waals surface area (Å²) < 4.78 is 11.4. The van der Waals surface area contributed by atoms with Gasteiger partial charge in [-0.2, -0.15) is 0 Å². The molecule has 0 bridgehead atoms. The first kappa shape index (κ1) is 24.6. The van der Waals surface area contributed by atoms with E-state index in [1.54, 1.807) is 0 Å². The minimum Gasteiger partial charge on any atom is -0.356 e. The van der Waals surface area contributed by atoms with Crippen LogP contribution in [-0.4, -0.2) is 41.3 Å². The van der Waals surface area contributed by atoms with Gasteiger partial charge in [-0.25, -0.2) is 0 Å². The summed E-state index contributed by atoms with van der Waals surface area (Å²) in [5.41, 5.74) is 0. The highest BCUT2D eigenvalue weighted by Crippen LogP contribution is 1.89. The maximum Gasteiger partial charge on any atom is 0.220 e. The fourth-order valence-corrected chi connectivity index (χ4v) is 2.15. The monoisotopic (exact) mass is 308 g/mol. The summed E-state index contributed by atoms with van der Waals surface area (Å²) in [6.45, 7) is 14.5. The lowest BCUT2D eigenvalue weighted by atomic mass is 10.3. The molecule has 0 saturated carbocycles. The minimum atomic E-state index is -0.873. The molecule has 0 spiro atoms. The van der Waals surface area contributed by atoms with Gasteiger partial charge >= 0.3 is 0 Å². The van der Waals surface area contributed by atoms with E-state index in [9.17, 15) is 9.00 Å². The third-order valence-electron chi connectivity index (χ3n) is 2.17. The Balaban J connectivity index is -0.000000656. The van der Waals surface area contributed by atoms with Gasteiger partial charge in [0.2, 0.25) is 5.91 Å². The van der Waals surface area contributed by atoms with Gasteiger partial charge in [0.1, 0.15) is 0 Å². The van der Waals surface area contributed by atoms with Gasteiger partial charge < -0.3 is 10.6 Å². The van der Waals surface area contributed by atoms with Crippen molar-refractivity contribution in [3.05, 3.63) is 0 Å². The second kappa shape index (κ2) is 23.7. The van der Waals surface area contributed by atoms with E-state index in [0.29, 0.717) is 17.9 Å². The first-order valence-corrected chi connectivity index (χ1v) is 9.51. The number of carbonyl (C=O) groups is 1. The molecule has 0 aromatic rings. The van der Waals surface area contributed by atoms with Crippen molar-refractivity contribution in [2.75, 3.05) is 31.1 Å². The molecule has 0 saturated heterocycles. The molecule has 0 aromatic carbocycles. The van der Waals surface area contributed by atoms with Gasteiger partial charge in [-0.05, 0) is 13.0 Å². The van der Waals surface area contributed by atoms with Gasteiger partial charge in [0.15, 0.2) is 0 Å². The lowest BCUT2D eigenvalue weighted by molar-refractivity contribution is -0.120. The topological polar surface area (TPSA) is 58.2 Å². The smallest absolute Gasteiger partial charge is 0.220 e. The predicted octanol–water partition coefficient (Wildman–Crippen LogP) is 2.70. The predicted molar refractivity (Wildman–Crippen MR) is 91.7 cm³/mol. The van der Waals surface area contributed by atoms with Crippen LogP contribution in [0.3, 0.4) is 0 Å². The van der Waals surface area contributed by atoms with E-state index in [1.807, 2.05) is 34.6 Å². The largest absolute Gasteiger partial charge is 0.356 e. The summed E-state index contributed by atoms with van der Waals surface area (Å²) in [7, 11) is -0.873. The Kier molecular flexibility index (Phi) is 29.1. The van der Waals surface area contributed by atoms with Gasteiger partial charge in [-0.1, -0.05) is 48.0 Å². The molecule has 5 heteroatoms. The number of carbonyl (C=O) groups excluding carboxylic acids is 1. The van der Waals surface area contributed by atoms with Crippen LogP contribution in [0.4, 0.5) is 0 Å². The number of nitrogens with one attached hydrogen (secondary N) is 2. The molecule has 0 aliphatic carbocycles. The number of unbranched alkanes of at least 4 members (excludes halogenated alkanes) is 1. The van der Waals surface area contributed by atoms with Crippen molar-refractivity contribution in [1.82, 2.24) is 10.6 Å². The fourth-order valence-electron chi connectivity index (χ4n) is 1.16. The summed E-state index contributed by atoms with van der Waals surface area (Å²) in [6, 6.07) is 0. The van der Waals surface area contributed by atoms with E-state index in [4.69, 9.17) is 0 Å². The van der Waals surface area contributed by atoms with Gasteiger partial charge in [-0.15, -0.1) is 0 Å². The Morgan fingerprint density at radius 3 is 2.10 bits per heavy atom. The standard InChI is InChI=1S/C11H24N2O2S.2C2H6/c1-3-5-7-13-11(14)6-9-16(15)10-8-12-4-2;2*1-2/h12H,3-10H2,1-2H3,(H,13,14);2*1-2H3. The maximum atomic E-state index is 11.4. The summed E-state index contributed by atoms with van der Waals surface area (Å²) in [6.07, 6.45) is 2.46. The molecule has 0 rings (SSSR count). The average Bonchev–Trinajstić information content (AvgIpc) is 2.50. The Hall–Kier alpha value is -0.420. The average molecular weight is 309 g/mol. The molecule has 1 unspecified atom stereocenters. The zero-order valence-corrected chi connectivity index (χ0v) is 15.2. The van der Waals surface area contributed by atoms with Crippen molar-refractivity contribution < 1.29 is 9.00 Å². The quantitative estimate of drug-likeness (QED) is 0.610. The van der Waals surface area contributed by atoms with Crippen LogP contribution in [0.25, 0.3) is 0 Å². The van der Waals surface area contributed by atoms with Crippen molar-refractivity contribution in [3.8, 4) is 0 Å². The van der Waals surface area contributed by atoms with Gasteiger partial charge in [-0.3, -0.25) is 9.00 Å². The first-order chi connectivity index (χ1) is 9.70. The van der Waals surface area contributed by atoms with Crippen molar-refractivity contribution in [3.63, 3.8) is 0 Å². The van der Waals surface area contributed by atoms with Crippen LogP contribution in [0.5, 0.6) is 0 Å². The second-order valence-electron chi connectivity index (χ2n) is 3.66. The van der Waals surface area contributed by atoms with Crippen LogP contribution < -0.4 is 10.6 Å². The lowest BCUT2D eigenvalue weighted by Crippen LogP contribution is -2.27. The highest BCUT2D eigenvalue weighted by molar-refractivity contribution is 7.85. The highest BCUT2D eigenvalue weighted by atomic mass is 32.2. The minimum absolute atomic E-state index is 0.0188. The molecule has 20 heavy (non-hydrogen) atoms. The molecule has 0 radical (unpaired) electrons. The number of rotatable bonds is 10. The first-order valence-electron chi connectivity index (χ1n) is 8.03. The molecule has 124 valence electrons. The Labute approximate surface area is 128 Å². The van der Waals surface area contributed by atoms with Crippen LogP contribution in [0.2, 0.25) is 0 Å². The van der Waals surface area contributed by atoms with E-state index in [0.717, 1.165) is 32.5 Å². The molecule has 0 aliphatic heterocycles. The highest BCUT2D eigenvalue weighted by Gasteiger charge is 2.04. The molecule has 2 N–H and O–H groups in total. The third kappa shape index (κ3) is 22.7. The van der Waals surface area contributed by atoms with Crippen LogP contribution in [0.15, 0.2) is 0 Å². The molecule has 4 nitrogen and oxygen atoms in total. The molecule has 1 atom stereocenters. The summed E-state index contributed by atoms with van der Waals surface area (Å²) in [5.74, 6) is 1.13. The van der Waals surface area contributed by atoms with Crippen LogP contribution in [0, 0.1) is 0 Å². The van der Waals surface area contributed by atoms with Crippen LogP contribution in [-0.2, 0) is 15.6 Å². The Bertz CT molecular complexity index is 190. The van der Waals surface area contributed by atoms with Crippen LogP contribution >= 0.6 is 0 Å². The fraction of sp³-hybridized carbons (Fsp3) is 0.933. The van der Waals surface area contributed by atoms with Crippen molar-refractivity contribution in [2.24, 2.45) is 0 Å². The van der Waals surface area contributed by atoms with E-state index < -0.39 is 10.8 Å². The van der Waals surface area contributed by atoms with Crippen molar-refractivity contribution in [1.29, 1.82) is 0 Å². The number of hydrogen-bond donors (Lipinski definition) is 2. The molecule has 0 fully saturated rings. The molecule has 1 amide bonds. The third-order valence-corrected chi connectivity index (χ3v) is 3.48. The Morgan fingerprint density at radius 2 is 1.60 bits per heavy atom. The molecule has 0 heterocycles. The maximum absolute atomic E-state index is 11.4. The van der Waals surface area contributed by atoms with Gasteiger partial charge in [0, 0.05) is 41.8 Å². The number of hydrogen-bond acceptors (Lipinski definition) is 3. The molecular formula is C15H36N2O2S. The molecule has 0 aliphatic rings. The normalized spacial score (nSPS) is 10.5. The van der Waals surface area contributed by atoms with Gasteiger partial charge in [0.25, 0.3) is 0 Å². The summed E-state index contributed by atoms with van der Waals surface area (Å²) in [5, 5.41) is 5.93. The SMILES string of the molecule is CC.CC.CCCCNC(=O)CCS(=O)CCNCC. The number of amides is 1. The summed E-state index contributed by atoms with van der Waals surface area (Å²) in [4.78, 5) is 11.3. The van der Waals surface area contributed by atoms with E-state index >= 15 is 0 Å². The zero-order valence-electron chi connectivity index (χ0n) is 14.4. The van der Waals surface area contributed by atoms with E-state index in [-0.39, 0.29) is 5.91 Å². The zero-order chi connectivity index (χ0) is 16.2. The van der Waals surface area contributed by atoms with Crippen molar-refractivity contribution >= 4 is 16.7 Å². The van der Waals surface area contributed by atoms with Crippen LogP contribution in [0.1, 0.15) is 60.8 Å². The molecule has 0 aromatic heterocycles. The lowest BCUT2D eigenvalue weighted by Gasteiger charge is -2.04. The Morgan fingerprint density at radius 1 is 1.00 bits per heavy atom. The van der Waals surface area contributed by atoms with E-state index in [1.165, 1.54) is 0 Å². The second-order valence-corrected chi connectivity index (χ2v) is 5.35. The van der Waals surface area contributed by atoms with E-state index in [2.05, 4.69) is 17.6 Å². The van der Waals surface area contributed by atoms with Crippen molar-refractivity contribution in [2.45, 2.75) is 60.8 Å². The van der Waals surface area contributed by atoms with Gasteiger partial charge in [0.05, 0.1) is 0 Å².